The summed E-state index contributed by atoms with van der Waals surface area (Å²) < 4.78 is 25.2. The maximum absolute atomic E-state index is 11.7. The molecule has 0 aliphatic heterocycles. The Morgan fingerprint density at radius 3 is 1.38 bits per heavy atom. The van der Waals surface area contributed by atoms with Crippen molar-refractivity contribution in [1.29, 1.82) is 0 Å². The summed E-state index contributed by atoms with van der Waals surface area (Å²) in [6.45, 7) is 13.0. The molecule has 2 aromatic carbocycles. The molecule has 7 nitrogen and oxygen atoms in total. The fourth-order valence-corrected chi connectivity index (χ4v) is 3.59. The minimum Gasteiger partial charge on any atom is -0.432 e. The lowest BCUT2D eigenvalue weighted by Crippen LogP contribution is -2.14. The van der Waals surface area contributed by atoms with Gasteiger partial charge in [-0.15, -0.1) is 0 Å². The first-order valence-corrected chi connectivity index (χ1v) is 13.4. The summed E-state index contributed by atoms with van der Waals surface area (Å²) in [6, 6.07) is 16.7. The van der Waals surface area contributed by atoms with E-state index in [1.807, 2.05) is 38.1 Å². The first-order chi connectivity index (χ1) is 18.7. The van der Waals surface area contributed by atoms with Gasteiger partial charge in [0.2, 0.25) is 0 Å². The average Bonchev–Trinajstić information content (AvgIpc) is 2.92. The number of carbonyl (C=O) groups excluding carboxylic acids is 2. The van der Waals surface area contributed by atoms with Gasteiger partial charge < -0.3 is 23.7 Å². The van der Waals surface area contributed by atoms with Crippen molar-refractivity contribution in [2.75, 3.05) is 26.4 Å². The van der Waals surface area contributed by atoms with Crippen molar-refractivity contribution in [3.63, 3.8) is 0 Å². The van der Waals surface area contributed by atoms with Crippen LogP contribution in [0.25, 0.3) is 0 Å². The molecule has 0 fully saturated rings. The molecular formula is C32H42O7. The number of ether oxygens (including phenoxy) is 5. The zero-order valence-electron chi connectivity index (χ0n) is 23.9. The van der Waals surface area contributed by atoms with E-state index in [1.165, 1.54) is 23.7 Å². The second kappa shape index (κ2) is 17.1. The van der Waals surface area contributed by atoms with Crippen LogP contribution in [0.5, 0.6) is 0 Å². The van der Waals surface area contributed by atoms with E-state index in [2.05, 4.69) is 52.0 Å². The summed E-state index contributed by atoms with van der Waals surface area (Å²) in [5.74, 6) is 1.08. The second-order valence-electron chi connectivity index (χ2n) is 9.93. The molecule has 0 N–H and O–H groups in total. The molecule has 0 aliphatic rings. The Bertz CT molecular complexity index is 1000. The van der Waals surface area contributed by atoms with Gasteiger partial charge in [-0.05, 0) is 46.2 Å². The molecule has 0 spiro atoms. The van der Waals surface area contributed by atoms with Gasteiger partial charge in [-0.1, -0.05) is 90.1 Å². The smallest absolute Gasteiger partial charge is 0.432 e. The minimum atomic E-state index is -0.810. The van der Waals surface area contributed by atoms with Crippen LogP contribution < -0.4 is 0 Å². The lowest BCUT2D eigenvalue weighted by Gasteiger charge is -2.11. The molecule has 0 saturated heterocycles. The normalized spacial score (nSPS) is 13.1. The third kappa shape index (κ3) is 12.2. The molecule has 0 aliphatic carbocycles. The fraction of sp³-hybridized carbons (Fsp3) is 0.438. The third-order valence-electron chi connectivity index (χ3n) is 6.16. The van der Waals surface area contributed by atoms with Crippen molar-refractivity contribution in [1.82, 2.24) is 0 Å². The standard InChI is InChI=1S/C32H42O7/c1-23(2)27-9-7-11-29(21-27)25(5)13-15-36-31(33)38-19-17-35-18-20-39-32(34)37-16-14-26(6)30-12-8-10-28(22-30)24(3)4/h7-16,21-26H,17-20H2,1-6H3. The highest BCUT2D eigenvalue weighted by Gasteiger charge is 2.08. The van der Waals surface area contributed by atoms with E-state index in [-0.39, 0.29) is 38.3 Å². The Hall–Kier alpha value is -3.58. The zero-order valence-corrected chi connectivity index (χ0v) is 23.9. The predicted octanol–water partition coefficient (Wildman–Crippen LogP) is 8.19. The Labute approximate surface area is 232 Å². The molecule has 2 aromatic rings. The number of hydrogen-bond donors (Lipinski definition) is 0. The molecule has 0 heterocycles. The van der Waals surface area contributed by atoms with Gasteiger partial charge >= 0.3 is 12.3 Å². The van der Waals surface area contributed by atoms with Gasteiger partial charge in [-0.25, -0.2) is 9.59 Å². The van der Waals surface area contributed by atoms with Crippen LogP contribution in [0.15, 0.2) is 73.2 Å². The van der Waals surface area contributed by atoms with E-state index in [9.17, 15) is 9.59 Å². The monoisotopic (exact) mass is 538 g/mol. The van der Waals surface area contributed by atoms with Gasteiger partial charge in [0, 0.05) is 11.8 Å². The van der Waals surface area contributed by atoms with Gasteiger partial charge in [0.25, 0.3) is 0 Å². The SMILES string of the molecule is CC(C)c1cccc(C(C)C=COC(=O)OCCOCCOC(=O)OC=CC(C)c2cccc(C(C)C)c2)c1. The van der Waals surface area contributed by atoms with E-state index < -0.39 is 12.3 Å². The molecular weight excluding hydrogens is 496 g/mol. The van der Waals surface area contributed by atoms with Crippen LogP contribution in [0.4, 0.5) is 9.59 Å². The zero-order chi connectivity index (χ0) is 28.6. The van der Waals surface area contributed by atoms with E-state index >= 15 is 0 Å². The molecule has 0 saturated carbocycles. The predicted molar refractivity (Wildman–Crippen MR) is 152 cm³/mol. The van der Waals surface area contributed by atoms with Gasteiger partial charge in [0.05, 0.1) is 25.7 Å². The highest BCUT2D eigenvalue weighted by molar-refractivity contribution is 5.61. The lowest BCUT2D eigenvalue weighted by molar-refractivity contribution is 0.0201. The van der Waals surface area contributed by atoms with Gasteiger partial charge in [-0.2, -0.15) is 0 Å². The number of benzene rings is 2. The highest BCUT2D eigenvalue weighted by Crippen LogP contribution is 2.23. The van der Waals surface area contributed by atoms with Crippen LogP contribution in [0.2, 0.25) is 0 Å². The topological polar surface area (TPSA) is 80.3 Å². The largest absolute Gasteiger partial charge is 0.513 e. The minimum absolute atomic E-state index is 0.0156. The summed E-state index contributed by atoms with van der Waals surface area (Å²) in [6.07, 6.45) is 4.66. The summed E-state index contributed by atoms with van der Waals surface area (Å²) in [5, 5.41) is 0. The molecule has 39 heavy (non-hydrogen) atoms. The van der Waals surface area contributed by atoms with E-state index in [0.29, 0.717) is 11.8 Å². The van der Waals surface area contributed by atoms with E-state index in [4.69, 9.17) is 23.7 Å². The first-order valence-electron chi connectivity index (χ1n) is 13.4. The van der Waals surface area contributed by atoms with Crippen LogP contribution >= 0.6 is 0 Å². The Balaban J connectivity index is 1.54. The summed E-state index contributed by atoms with van der Waals surface area (Å²) >= 11 is 0. The van der Waals surface area contributed by atoms with Crippen molar-refractivity contribution in [3.8, 4) is 0 Å². The summed E-state index contributed by atoms with van der Waals surface area (Å²) in [5.41, 5.74) is 4.82. The number of allylic oxidation sites excluding steroid dienone is 2. The fourth-order valence-electron chi connectivity index (χ4n) is 3.59. The van der Waals surface area contributed by atoms with Crippen LogP contribution in [-0.2, 0) is 23.7 Å². The van der Waals surface area contributed by atoms with Crippen molar-refractivity contribution >= 4 is 12.3 Å². The second-order valence-corrected chi connectivity index (χ2v) is 9.93. The van der Waals surface area contributed by atoms with Gasteiger partial charge in [0.1, 0.15) is 13.2 Å². The Morgan fingerprint density at radius 2 is 1.00 bits per heavy atom. The number of hydrogen-bond acceptors (Lipinski definition) is 7. The molecule has 212 valence electrons. The van der Waals surface area contributed by atoms with Crippen LogP contribution in [0, 0.1) is 0 Å². The van der Waals surface area contributed by atoms with Crippen molar-refractivity contribution < 1.29 is 33.3 Å². The summed E-state index contributed by atoms with van der Waals surface area (Å²) in [7, 11) is 0. The highest BCUT2D eigenvalue weighted by atomic mass is 16.7. The maximum Gasteiger partial charge on any atom is 0.513 e. The van der Waals surface area contributed by atoms with Crippen LogP contribution in [-0.4, -0.2) is 38.7 Å². The number of rotatable bonds is 14. The number of carbonyl (C=O) groups is 2. The molecule has 2 atom stereocenters. The van der Waals surface area contributed by atoms with Crippen LogP contribution in [0.1, 0.15) is 87.5 Å². The molecule has 0 bridgehead atoms. The molecule has 0 amide bonds. The Morgan fingerprint density at radius 1 is 0.615 bits per heavy atom. The Kier molecular flexibility index (Phi) is 13.9. The summed E-state index contributed by atoms with van der Waals surface area (Å²) in [4.78, 5) is 23.4. The van der Waals surface area contributed by atoms with Crippen molar-refractivity contribution in [2.24, 2.45) is 0 Å². The van der Waals surface area contributed by atoms with E-state index in [1.54, 1.807) is 12.2 Å². The van der Waals surface area contributed by atoms with Gasteiger partial charge in [-0.3, -0.25) is 0 Å². The molecule has 2 unspecified atom stereocenters. The third-order valence-corrected chi connectivity index (χ3v) is 6.16. The van der Waals surface area contributed by atoms with Crippen molar-refractivity contribution in [3.05, 3.63) is 95.5 Å². The molecule has 7 heteroatoms. The first kappa shape index (κ1) is 31.6. The van der Waals surface area contributed by atoms with E-state index in [0.717, 1.165) is 11.1 Å². The molecule has 0 radical (unpaired) electrons. The molecule has 2 rings (SSSR count). The molecule has 0 aromatic heterocycles. The average molecular weight is 539 g/mol. The van der Waals surface area contributed by atoms with Crippen LogP contribution in [0.3, 0.4) is 0 Å². The van der Waals surface area contributed by atoms with Crippen molar-refractivity contribution in [2.45, 2.75) is 65.2 Å². The quantitative estimate of drug-likeness (QED) is 0.136. The maximum atomic E-state index is 11.7. The van der Waals surface area contributed by atoms with Gasteiger partial charge in [0.15, 0.2) is 0 Å². The lowest BCUT2D eigenvalue weighted by atomic mass is 9.95.